The molecule has 3 rings (SSSR count). The topological polar surface area (TPSA) is 85.9 Å². The van der Waals surface area contributed by atoms with Crippen LogP contribution in [0.15, 0.2) is 18.3 Å². The SMILES string of the molecule is Cc1cc([N+](=O)[O-])c(Cl)cc1-n1cc(CNC2CC2)nn1. The molecule has 1 fully saturated rings. The van der Waals surface area contributed by atoms with Gasteiger partial charge in [-0.1, -0.05) is 16.8 Å². The molecule has 21 heavy (non-hydrogen) atoms. The van der Waals surface area contributed by atoms with Crippen LogP contribution in [0, 0.1) is 17.0 Å². The van der Waals surface area contributed by atoms with Crippen molar-refractivity contribution in [2.75, 3.05) is 0 Å². The molecule has 1 aliphatic rings. The number of nitro benzene ring substituents is 1. The zero-order chi connectivity index (χ0) is 15.0. The molecule has 1 aromatic heterocycles. The highest BCUT2D eigenvalue weighted by atomic mass is 35.5. The summed E-state index contributed by atoms with van der Waals surface area (Å²) in [4.78, 5) is 10.4. The Morgan fingerprint density at radius 3 is 2.95 bits per heavy atom. The number of benzene rings is 1. The summed E-state index contributed by atoms with van der Waals surface area (Å²) >= 11 is 5.95. The maximum absolute atomic E-state index is 10.9. The highest BCUT2D eigenvalue weighted by Gasteiger charge is 2.21. The number of halogens is 1. The molecular weight excluding hydrogens is 294 g/mol. The third kappa shape index (κ3) is 3.03. The van der Waals surface area contributed by atoms with Gasteiger partial charge in [-0.2, -0.15) is 0 Å². The van der Waals surface area contributed by atoms with Crippen LogP contribution in [0.25, 0.3) is 5.69 Å². The minimum absolute atomic E-state index is 0.0914. The second-order valence-corrected chi connectivity index (χ2v) is 5.56. The normalized spacial score (nSPS) is 14.4. The van der Waals surface area contributed by atoms with Crippen molar-refractivity contribution in [1.82, 2.24) is 20.3 Å². The number of aryl methyl sites for hydroxylation is 1. The van der Waals surface area contributed by atoms with Gasteiger partial charge in [-0.3, -0.25) is 10.1 Å². The van der Waals surface area contributed by atoms with Crippen LogP contribution in [0.5, 0.6) is 0 Å². The standard InChI is InChI=1S/C13H14ClN5O2/c1-8-4-13(19(20)21)11(14)5-12(8)18-7-10(16-17-18)6-15-9-2-3-9/h4-5,7,9,15H,2-3,6H2,1H3. The smallest absolute Gasteiger partial charge is 0.288 e. The molecule has 0 bridgehead atoms. The highest BCUT2D eigenvalue weighted by Crippen LogP contribution is 2.29. The first-order valence-electron chi connectivity index (χ1n) is 6.64. The minimum atomic E-state index is -0.495. The van der Waals surface area contributed by atoms with Crippen LogP contribution in [0.3, 0.4) is 0 Å². The van der Waals surface area contributed by atoms with E-state index >= 15 is 0 Å². The van der Waals surface area contributed by atoms with E-state index in [-0.39, 0.29) is 10.7 Å². The summed E-state index contributed by atoms with van der Waals surface area (Å²) in [7, 11) is 0. The van der Waals surface area contributed by atoms with Crippen molar-refractivity contribution in [2.45, 2.75) is 32.4 Å². The minimum Gasteiger partial charge on any atom is -0.308 e. The van der Waals surface area contributed by atoms with Crippen LogP contribution in [0.1, 0.15) is 24.1 Å². The maximum Gasteiger partial charge on any atom is 0.288 e. The third-order valence-corrected chi connectivity index (χ3v) is 3.70. The second kappa shape index (κ2) is 5.42. The summed E-state index contributed by atoms with van der Waals surface area (Å²) < 4.78 is 1.59. The molecule has 0 saturated heterocycles. The first kappa shape index (κ1) is 14.0. The van der Waals surface area contributed by atoms with Crippen molar-refractivity contribution < 1.29 is 4.92 Å². The first-order chi connectivity index (χ1) is 10.0. The number of aromatic nitrogens is 3. The molecule has 0 amide bonds. The van der Waals surface area contributed by atoms with Gasteiger partial charge in [0.05, 0.1) is 22.5 Å². The van der Waals surface area contributed by atoms with E-state index in [2.05, 4.69) is 15.6 Å². The lowest BCUT2D eigenvalue weighted by molar-refractivity contribution is -0.384. The Bertz CT molecular complexity index is 696. The van der Waals surface area contributed by atoms with Gasteiger partial charge < -0.3 is 5.32 Å². The molecule has 1 N–H and O–H groups in total. The van der Waals surface area contributed by atoms with Crippen molar-refractivity contribution >= 4 is 17.3 Å². The van der Waals surface area contributed by atoms with E-state index in [1.54, 1.807) is 23.9 Å². The van der Waals surface area contributed by atoms with Crippen molar-refractivity contribution in [3.8, 4) is 5.69 Å². The predicted octanol–water partition coefficient (Wildman–Crippen LogP) is 2.39. The average Bonchev–Trinajstić information content (AvgIpc) is 3.16. The number of rotatable bonds is 5. The van der Waals surface area contributed by atoms with Crippen LogP contribution in [0.4, 0.5) is 5.69 Å². The zero-order valence-electron chi connectivity index (χ0n) is 11.4. The third-order valence-electron chi connectivity index (χ3n) is 3.40. The van der Waals surface area contributed by atoms with Gasteiger partial charge in [0.2, 0.25) is 0 Å². The fraction of sp³-hybridized carbons (Fsp3) is 0.385. The van der Waals surface area contributed by atoms with Crippen molar-refractivity contribution in [1.29, 1.82) is 0 Å². The molecule has 0 unspecified atom stereocenters. The Morgan fingerprint density at radius 2 is 2.29 bits per heavy atom. The van der Waals surface area contributed by atoms with Crippen molar-refractivity contribution in [3.05, 3.63) is 44.7 Å². The van der Waals surface area contributed by atoms with Crippen molar-refractivity contribution in [3.63, 3.8) is 0 Å². The Kier molecular flexibility index (Phi) is 3.60. The van der Waals surface area contributed by atoms with Gasteiger partial charge in [0.15, 0.2) is 0 Å². The Balaban J connectivity index is 1.85. The molecule has 8 heteroatoms. The summed E-state index contributed by atoms with van der Waals surface area (Å²) in [5, 5.41) is 22.5. The lowest BCUT2D eigenvalue weighted by Gasteiger charge is -2.06. The Hall–Kier alpha value is -1.99. The van der Waals surface area contributed by atoms with E-state index in [1.807, 2.05) is 0 Å². The second-order valence-electron chi connectivity index (χ2n) is 5.16. The van der Waals surface area contributed by atoms with E-state index in [0.717, 1.165) is 11.3 Å². The van der Waals surface area contributed by atoms with Crippen molar-refractivity contribution in [2.24, 2.45) is 0 Å². The van der Waals surface area contributed by atoms with E-state index < -0.39 is 4.92 Å². The van der Waals surface area contributed by atoms with Crippen LogP contribution in [0.2, 0.25) is 5.02 Å². The maximum atomic E-state index is 10.9. The van der Waals surface area contributed by atoms with Gasteiger partial charge in [0, 0.05) is 18.7 Å². The van der Waals surface area contributed by atoms with Gasteiger partial charge in [-0.15, -0.1) is 5.10 Å². The molecule has 1 aliphatic carbocycles. The summed E-state index contributed by atoms with van der Waals surface area (Å²) in [6.07, 6.45) is 4.23. The van der Waals surface area contributed by atoms with E-state index in [4.69, 9.17) is 11.6 Å². The van der Waals surface area contributed by atoms with Gasteiger partial charge >= 0.3 is 0 Å². The molecule has 1 saturated carbocycles. The molecule has 0 atom stereocenters. The molecule has 7 nitrogen and oxygen atoms in total. The van der Waals surface area contributed by atoms with Gasteiger partial charge in [-0.05, 0) is 31.4 Å². The molecule has 0 aliphatic heterocycles. The van der Waals surface area contributed by atoms with E-state index in [1.165, 1.54) is 18.9 Å². The van der Waals surface area contributed by atoms with Gasteiger partial charge in [0.1, 0.15) is 5.02 Å². The van der Waals surface area contributed by atoms with Gasteiger partial charge in [0.25, 0.3) is 5.69 Å². The number of nitrogens with zero attached hydrogens (tertiary/aromatic N) is 4. The summed E-state index contributed by atoms with van der Waals surface area (Å²) in [5.41, 5.74) is 2.14. The lowest BCUT2D eigenvalue weighted by Crippen LogP contribution is -2.15. The van der Waals surface area contributed by atoms with Gasteiger partial charge in [-0.25, -0.2) is 4.68 Å². The number of hydrogen-bond donors (Lipinski definition) is 1. The quantitative estimate of drug-likeness (QED) is 0.677. The van der Waals surface area contributed by atoms with Crippen LogP contribution in [-0.2, 0) is 6.54 Å². The van der Waals surface area contributed by atoms with Crippen LogP contribution < -0.4 is 5.32 Å². The summed E-state index contributed by atoms with van der Waals surface area (Å²) in [6, 6.07) is 3.59. The molecule has 2 aromatic rings. The predicted molar refractivity (Wildman–Crippen MR) is 77.6 cm³/mol. The van der Waals surface area contributed by atoms with E-state index in [9.17, 15) is 10.1 Å². The Labute approximate surface area is 126 Å². The van der Waals surface area contributed by atoms with Crippen LogP contribution >= 0.6 is 11.6 Å². The molecule has 1 aromatic carbocycles. The first-order valence-corrected chi connectivity index (χ1v) is 7.02. The fourth-order valence-corrected chi connectivity index (χ4v) is 2.30. The highest BCUT2D eigenvalue weighted by molar-refractivity contribution is 6.32. The molecular formula is C13H14ClN5O2. The van der Waals surface area contributed by atoms with Crippen LogP contribution in [-0.4, -0.2) is 26.0 Å². The Morgan fingerprint density at radius 1 is 1.52 bits per heavy atom. The molecule has 110 valence electrons. The fourth-order valence-electron chi connectivity index (χ4n) is 2.08. The van der Waals surface area contributed by atoms with E-state index in [0.29, 0.717) is 18.3 Å². The number of nitrogens with one attached hydrogen (secondary N) is 1. The molecule has 1 heterocycles. The number of hydrogen-bond acceptors (Lipinski definition) is 5. The molecule has 0 radical (unpaired) electrons. The summed E-state index contributed by atoms with van der Waals surface area (Å²) in [5.74, 6) is 0. The summed E-state index contributed by atoms with van der Waals surface area (Å²) in [6.45, 7) is 2.45. The number of nitro groups is 1. The zero-order valence-corrected chi connectivity index (χ0v) is 12.2. The monoisotopic (exact) mass is 307 g/mol. The largest absolute Gasteiger partial charge is 0.308 e. The molecule has 0 spiro atoms. The average molecular weight is 308 g/mol. The lowest BCUT2D eigenvalue weighted by atomic mass is 10.2.